The Morgan fingerprint density at radius 3 is 2.69 bits per heavy atom. The summed E-state index contributed by atoms with van der Waals surface area (Å²) in [4.78, 5) is 24.6. The molecule has 0 unspecified atom stereocenters. The van der Waals surface area contributed by atoms with E-state index in [0.717, 1.165) is 0 Å². The van der Waals surface area contributed by atoms with E-state index in [9.17, 15) is 9.59 Å². The summed E-state index contributed by atoms with van der Waals surface area (Å²) in [5, 5.41) is 2.57. The van der Waals surface area contributed by atoms with E-state index in [2.05, 4.69) is 11.2 Å². The Kier molecular flexibility index (Phi) is 5.20. The SMILES string of the molecule is C#CCOC(=O)/C(=C/c1ccc2c(c1)OCO2)NC(=O)c1ccccc1. The van der Waals surface area contributed by atoms with E-state index < -0.39 is 11.9 Å². The number of fused-ring (bicyclic) bond motifs is 1. The van der Waals surface area contributed by atoms with Crippen LogP contribution in [-0.2, 0) is 9.53 Å². The van der Waals surface area contributed by atoms with Gasteiger partial charge < -0.3 is 19.5 Å². The second-order valence-corrected chi connectivity index (χ2v) is 5.27. The van der Waals surface area contributed by atoms with Crippen LogP contribution in [0.5, 0.6) is 11.5 Å². The molecule has 1 N–H and O–H groups in total. The number of amides is 1. The molecule has 0 fully saturated rings. The average Bonchev–Trinajstić information content (AvgIpc) is 3.14. The molecular formula is C20H15NO5. The fourth-order valence-electron chi connectivity index (χ4n) is 2.28. The lowest BCUT2D eigenvalue weighted by molar-refractivity contribution is -0.137. The van der Waals surface area contributed by atoms with Crippen molar-refractivity contribution >= 4 is 18.0 Å². The lowest BCUT2D eigenvalue weighted by Gasteiger charge is -2.09. The lowest BCUT2D eigenvalue weighted by atomic mass is 10.1. The molecule has 1 aliphatic rings. The van der Waals surface area contributed by atoms with Crippen molar-refractivity contribution in [2.45, 2.75) is 0 Å². The quantitative estimate of drug-likeness (QED) is 0.510. The van der Waals surface area contributed by atoms with Gasteiger partial charge >= 0.3 is 5.97 Å². The lowest BCUT2D eigenvalue weighted by Crippen LogP contribution is -2.28. The second-order valence-electron chi connectivity index (χ2n) is 5.27. The van der Waals surface area contributed by atoms with Crippen LogP contribution in [0.25, 0.3) is 6.08 Å². The van der Waals surface area contributed by atoms with Gasteiger partial charge in [-0.3, -0.25) is 4.79 Å². The Morgan fingerprint density at radius 2 is 1.92 bits per heavy atom. The van der Waals surface area contributed by atoms with E-state index in [0.29, 0.717) is 22.6 Å². The van der Waals surface area contributed by atoms with Gasteiger partial charge in [0.25, 0.3) is 5.91 Å². The number of hydrogen-bond donors (Lipinski definition) is 1. The molecule has 0 saturated carbocycles. The fraction of sp³-hybridized carbons (Fsp3) is 0.100. The first-order chi connectivity index (χ1) is 12.7. The minimum atomic E-state index is -0.732. The first-order valence-electron chi connectivity index (χ1n) is 7.75. The minimum Gasteiger partial charge on any atom is -0.454 e. The average molecular weight is 349 g/mol. The van der Waals surface area contributed by atoms with Crippen LogP contribution in [0.15, 0.2) is 54.2 Å². The highest BCUT2D eigenvalue weighted by molar-refractivity contribution is 6.03. The van der Waals surface area contributed by atoms with Gasteiger partial charge in [0.15, 0.2) is 18.1 Å². The Bertz CT molecular complexity index is 896. The van der Waals surface area contributed by atoms with Crippen LogP contribution in [0.4, 0.5) is 0 Å². The van der Waals surface area contributed by atoms with Crippen LogP contribution >= 0.6 is 0 Å². The molecule has 0 atom stereocenters. The van der Waals surface area contributed by atoms with Gasteiger partial charge in [-0.25, -0.2) is 4.79 Å². The molecule has 1 heterocycles. The third-order valence-corrected chi connectivity index (χ3v) is 3.50. The van der Waals surface area contributed by atoms with Crippen LogP contribution in [-0.4, -0.2) is 25.3 Å². The van der Waals surface area contributed by atoms with Gasteiger partial charge in [0.05, 0.1) is 0 Å². The van der Waals surface area contributed by atoms with Crippen molar-refractivity contribution in [1.82, 2.24) is 5.32 Å². The number of esters is 1. The number of rotatable bonds is 5. The maximum absolute atomic E-state index is 12.4. The molecule has 0 radical (unpaired) electrons. The fourth-order valence-corrected chi connectivity index (χ4v) is 2.28. The monoisotopic (exact) mass is 349 g/mol. The summed E-state index contributed by atoms with van der Waals surface area (Å²) in [5.41, 5.74) is 1.01. The standard InChI is InChI=1S/C20H15NO5/c1-2-10-24-20(23)16(21-19(22)15-6-4-3-5-7-15)11-14-8-9-17-18(12-14)26-13-25-17/h1,3-9,11-12H,10,13H2,(H,21,22)/b16-11-. The van der Waals surface area contributed by atoms with Crippen molar-refractivity contribution in [2.24, 2.45) is 0 Å². The topological polar surface area (TPSA) is 73.9 Å². The molecule has 1 aliphatic heterocycles. The Labute approximate surface area is 150 Å². The summed E-state index contributed by atoms with van der Waals surface area (Å²) < 4.78 is 15.5. The van der Waals surface area contributed by atoms with E-state index in [-0.39, 0.29) is 19.1 Å². The summed E-state index contributed by atoms with van der Waals surface area (Å²) in [7, 11) is 0. The predicted octanol–water partition coefficient (Wildman–Crippen LogP) is 2.36. The normalized spacial score (nSPS) is 12.2. The van der Waals surface area contributed by atoms with Gasteiger partial charge in [0.2, 0.25) is 6.79 Å². The summed E-state index contributed by atoms with van der Waals surface area (Å²) >= 11 is 0. The maximum atomic E-state index is 12.4. The summed E-state index contributed by atoms with van der Waals surface area (Å²) in [6.45, 7) is -0.0527. The molecule has 6 nitrogen and oxygen atoms in total. The number of carbonyl (C=O) groups excluding carboxylic acids is 2. The highest BCUT2D eigenvalue weighted by Crippen LogP contribution is 2.33. The van der Waals surface area contributed by atoms with E-state index >= 15 is 0 Å². The first kappa shape index (κ1) is 17.1. The molecule has 6 heteroatoms. The highest BCUT2D eigenvalue weighted by Gasteiger charge is 2.17. The molecule has 1 amide bonds. The largest absolute Gasteiger partial charge is 0.454 e. The molecule has 0 spiro atoms. The second kappa shape index (κ2) is 7.90. The van der Waals surface area contributed by atoms with Gasteiger partial charge in [0, 0.05) is 5.56 Å². The van der Waals surface area contributed by atoms with Crippen LogP contribution in [0.2, 0.25) is 0 Å². The van der Waals surface area contributed by atoms with Crippen molar-refractivity contribution in [3.8, 4) is 23.8 Å². The van der Waals surface area contributed by atoms with Crippen molar-refractivity contribution in [1.29, 1.82) is 0 Å². The smallest absolute Gasteiger partial charge is 0.355 e. The number of ether oxygens (including phenoxy) is 3. The Balaban J connectivity index is 1.86. The Hall–Kier alpha value is -3.72. The van der Waals surface area contributed by atoms with Gasteiger partial charge in [-0.2, -0.15) is 0 Å². The van der Waals surface area contributed by atoms with Crippen LogP contribution < -0.4 is 14.8 Å². The molecule has 0 aromatic heterocycles. The molecule has 0 bridgehead atoms. The number of hydrogen-bond acceptors (Lipinski definition) is 5. The number of benzene rings is 2. The number of carbonyl (C=O) groups is 2. The van der Waals surface area contributed by atoms with Gasteiger partial charge in [0.1, 0.15) is 5.70 Å². The van der Waals surface area contributed by atoms with Crippen molar-refractivity contribution in [2.75, 3.05) is 13.4 Å². The molecule has 26 heavy (non-hydrogen) atoms. The van der Waals surface area contributed by atoms with E-state index in [1.165, 1.54) is 6.08 Å². The summed E-state index contributed by atoms with van der Waals surface area (Å²) in [6, 6.07) is 13.7. The van der Waals surface area contributed by atoms with E-state index in [1.54, 1.807) is 48.5 Å². The zero-order valence-electron chi connectivity index (χ0n) is 13.7. The zero-order chi connectivity index (χ0) is 18.4. The molecule has 3 rings (SSSR count). The Morgan fingerprint density at radius 1 is 1.15 bits per heavy atom. The molecular weight excluding hydrogens is 334 g/mol. The highest BCUT2D eigenvalue weighted by atomic mass is 16.7. The van der Waals surface area contributed by atoms with Crippen molar-refractivity contribution < 1.29 is 23.8 Å². The van der Waals surface area contributed by atoms with Crippen molar-refractivity contribution in [3.63, 3.8) is 0 Å². The number of terminal acetylenes is 1. The van der Waals surface area contributed by atoms with Crippen molar-refractivity contribution in [3.05, 3.63) is 65.4 Å². The molecule has 0 aliphatic carbocycles. The van der Waals surface area contributed by atoms with Gasteiger partial charge in [-0.1, -0.05) is 30.2 Å². The van der Waals surface area contributed by atoms with Gasteiger partial charge in [-0.05, 0) is 35.9 Å². The number of nitrogens with one attached hydrogen (secondary N) is 1. The van der Waals surface area contributed by atoms with Gasteiger partial charge in [-0.15, -0.1) is 6.42 Å². The van der Waals surface area contributed by atoms with E-state index in [4.69, 9.17) is 20.6 Å². The maximum Gasteiger partial charge on any atom is 0.355 e. The minimum absolute atomic E-state index is 0.0343. The molecule has 2 aromatic rings. The van der Waals surface area contributed by atoms with Crippen LogP contribution in [0.1, 0.15) is 15.9 Å². The molecule has 0 saturated heterocycles. The third-order valence-electron chi connectivity index (χ3n) is 3.50. The third kappa shape index (κ3) is 4.02. The zero-order valence-corrected chi connectivity index (χ0v) is 13.7. The predicted molar refractivity (Wildman–Crippen MR) is 94.2 cm³/mol. The summed E-state index contributed by atoms with van der Waals surface area (Å²) in [6.07, 6.45) is 6.61. The molecule has 130 valence electrons. The first-order valence-corrected chi connectivity index (χ1v) is 7.75. The van der Waals surface area contributed by atoms with Crippen LogP contribution in [0.3, 0.4) is 0 Å². The van der Waals surface area contributed by atoms with Crippen LogP contribution in [0, 0.1) is 12.3 Å². The molecule has 2 aromatic carbocycles. The summed E-state index contributed by atoms with van der Waals surface area (Å²) in [5.74, 6) is 2.23. The van der Waals surface area contributed by atoms with E-state index in [1.807, 2.05) is 0 Å².